The molecular formula is C11H18N4O. The van der Waals surface area contributed by atoms with Crippen molar-refractivity contribution in [2.24, 2.45) is 11.7 Å². The topological polar surface area (TPSA) is 76.0 Å². The molecule has 3 atom stereocenters. The predicted octanol–water partition coefficient (Wildman–Crippen LogP) is -0.0397. The Hall–Kier alpha value is -0.910. The number of imidazole rings is 1. The lowest BCUT2D eigenvalue weighted by Gasteiger charge is -2.32. The number of H-pyrrole nitrogens is 1. The summed E-state index contributed by atoms with van der Waals surface area (Å²) >= 11 is 0. The molecule has 1 fully saturated rings. The first-order valence-electron chi connectivity index (χ1n) is 5.94. The number of nitrogens with one attached hydrogen (secondary N) is 2. The van der Waals surface area contributed by atoms with Crippen molar-refractivity contribution in [3.8, 4) is 0 Å². The van der Waals surface area contributed by atoms with Crippen molar-refractivity contribution >= 4 is 0 Å². The molecule has 1 saturated heterocycles. The van der Waals surface area contributed by atoms with Gasteiger partial charge in [0.25, 0.3) is 0 Å². The monoisotopic (exact) mass is 222 g/mol. The van der Waals surface area contributed by atoms with E-state index >= 15 is 0 Å². The van der Waals surface area contributed by atoms with Crippen LogP contribution in [0, 0.1) is 5.92 Å². The molecule has 88 valence electrons. The van der Waals surface area contributed by atoms with Gasteiger partial charge in [0.05, 0.1) is 24.7 Å². The highest BCUT2D eigenvalue weighted by Gasteiger charge is 2.35. The number of ether oxygens (including phenoxy) is 1. The van der Waals surface area contributed by atoms with Crippen molar-refractivity contribution in [1.29, 1.82) is 0 Å². The first-order valence-corrected chi connectivity index (χ1v) is 5.94. The standard InChI is InChI=1S/C11H18N4O/c12-4-8-3-9-11(14-6-13-9)10(15-8)7-1-2-16-5-7/h6-8,10,15H,1-5,12H2,(H,13,14). The third-order valence-corrected chi connectivity index (χ3v) is 3.63. The molecule has 2 aliphatic rings. The van der Waals surface area contributed by atoms with Gasteiger partial charge in [0.1, 0.15) is 0 Å². The van der Waals surface area contributed by atoms with Crippen LogP contribution in [0.2, 0.25) is 0 Å². The fourth-order valence-electron chi connectivity index (χ4n) is 2.73. The van der Waals surface area contributed by atoms with Crippen molar-refractivity contribution in [3.05, 3.63) is 17.7 Å². The Labute approximate surface area is 94.8 Å². The van der Waals surface area contributed by atoms with Gasteiger partial charge in [0, 0.05) is 37.2 Å². The van der Waals surface area contributed by atoms with E-state index in [1.165, 1.54) is 11.4 Å². The minimum Gasteiger partial charge on any atom is -0.381 e. The highest BCUT2D eigenvalue weighted by atomic mass is 16.5. The second kappa shape index (κ2) is 4.16. The van der Waals surface area contributed by atoms with Gasteiger partial charge in [-0.15, -0.1) is 0 Å². The number of nitrogens with two attached hydrogens (primary N) is 1. The van der Waals surface area contributed by atoms with E-state index in [0.717, 1.165) is 26.1 Å². The smallest absolute Gasteiger partial charge is 0.0925 e. The van der Waals surface area contributed by atoms with E-state index in [4.69, 9.17) is 10.5 Å². The maximum atomic E-state index is 5.76. The molecule has 16 heavy (non-hydrogen) atoms. The summed E-state index contributed by atoms with van der Waals surface area (Å²) in [7, 11) is 0. The summed E-state index contributed by atoms with van der Waals surface area (Å²) in [5.41, 5.74) is 8.17. The van der Waals surface area contributed by atoms with Crippen molar-refractivity contribution in [2.75, 3.05) is 19.8 Å². The van der Waals surface area contributed by atoms with Crippen molar-refractivity contribution in [3.63, 3.8) is 0 Å². The number of hydrogen-bond donors (Lipinski definition) is 3. The van der Waals surface area contributed by atoms with Crippen molar-refractivity contribution in [1.82, 2.24) is 15.3 Å². The fourth-order valence-corrected chi connectivity index (χ4v) is 2.73. The molecule has 3 unspecified atom stereocenters. The maximum absolute atomic E-state index is 5.76. The molecule has 1 aromatic heterocycles. The normalized spacial score (nSPS) is 33.9. The molecule has 3 heterocycles. The van der Waals surface area contributed by atoms with Gasteiger partial charge in [-0.05, 0) is 6.42 Å². The number of nitrogens with zero attached hydrogens (tertiary/aromatic N) is 1. The summed E-state index contributed by atoms with van der Waals surface area (Å²) in [4.78, 5) is 7.66. The molecule has 0 spiro atoms. The van der Waals surface area contributed by atoms with Crippen molar-refractivity contribution < 1.29 is 4.74 Å². The lowest BCUT2D eigenvalue weighted by molar-refractivity contribution is 0.172. The van der Waals surface area contributed by atoms with Gasteiger partial charge < -0.3 is 20.8 Å². The van der Waals surface area contributed by atoms with Crippen LogP contribution in [-0.4, -0.2) is 35.8 Å². The van der Waals surface area contributed by atoms with Crippen LogP contribution in [0.4, 0.5) is 0 Å². The summed E-state index contributed by atoms with van der Waals surface area (Å²) < 4.78 is 5.46. The molecule has 0 saturated carbocycles. The average molecular weight is 222 g/mol. The molecule has 5 heteroatoms. The summed E-state index contributed by atoms with van der Waals surface area (Å²) in [6.07, 6.45) is 3.85. The zero-order valence-corrected chi connectivity index (χ0v) is 9.28. The van der Waals surface area contributed by atoms with Crippen LogP contribution in [0.5, 0.6) is 0 Å². The van der Waals surface area contributed by atoms with Crippen LogP contribution in [-0.2, 0) is 11.2 Å². The zero-order chi connectivity index (χ0) is 11.0. The van der Waals surface area contributed by atoms with E-state index in [1.54, 1.807) is 6.33 Å². The number of fused-ring (bicyclic) bond motifs is 1. The van der Waals surface area contributed by atoms with E-state index in [-0.39, 0.29) is 0 Å². The Morgan fingerprint density at radius 3 is 3.25 bits per heavy atom. The minimum atomic E-state index is 0.311. The molecule has 3 rings (SSSR count). The Balaban J connectivity index is 1.87. The highest BCUT2D eigenvalue weighted by molar-refractivity contribution is 5.22. The first-order chi connectivity index (χ1) is 7.88. The molecule has 2 aliphatic heterocycles. The highest BCUT2D eigenvalue weighted by Crippen LogP contribution is 2.32. The van der Waals surface area contributed by atoms with E-state index in [1.807, 2.05) is 0 Å². The SMILES string of the molecule is NCC1Cc2[nH]cnc2C(C2CCOC2)N1. The molecule has 0 amide bonds. The number of rotatable bonds is 2. The van der Waals surface area contributed by atoms with Crippen LogP contribution in [0.1, 0.15) is 23.9 Å². The zero-order valence-electron chi connectivity index (χ0n) is 9.28. The Bertz CT molecular complexity index is 359. The minimum absolute atomic E-state index is 0.311. The molecular weight excluding hydrogens is 204 g/mol. The van der Waals surface area contributed by atoms with Gasteiger partial charge in [-0.2, -0.15) is 0 Å². The van der Waals surface area contributed by atoms with Gasteiger partial charge in [-0.3, -0.25) is 0 Å². The Morgan fingerprint density at radius 1 is 1.56 bits per heavy atom. The molecule has 0 aliphatic carbocycles. The van der Waals surface area contributed by atoms with Gasteiger partial charge in [0.2, 0.25) is 0 Å². The number of hydrogen-bond acceptors (Lipinski definition) is 4. The van der Waals surface area contributed by atoms with E-state index < -0.39 is 0 Å². The average Bonchev–Trinajstić information content (AvgIpc) is 2.98. The Kier molecular flexibility index (Phi) is 2.67. The van der Waals surface area contributed by atoms with Crippen molar-refractivity contribution in [2.45, 2.75) is 24.9 Å². The Morgan fingerprint density at radius 2 is 2.50 bits per heavy atom. The van der Waals surface area contributed by atoms with E-state index in [0.29, 0.717) is 24.5 Å². The predicted molar refractivity (Wildman–Crippen MR) is 59.9 cm³/mol. The van der Waals surface area contributed by atoms with Crippen LogP contribution < -0.4 is 11.1 Å². The summed E-state index contributed by atoms with van der Waals surface area (Å²) in [6, 6.07) is 0.671. The van der Waals surface area contributed by atoms with Gasteiger partial charge in [-0.1, -0.05) is 0 Å². The number of aromatic amines is 1. The van der Waals surface area contributed by atoms with Crippen LogP contribution >= 0.6 is 0 Å². The van der Waals surface area contributed by atoms with E-state index in [9.17, 15) is 0 Å². The second-order valence-corrected chi connectivity index (χ2v) is 4.67. The number of aromatic nitrogens is 2. The lowest BCUT2D eigenvalue weighted by Crippen LogP contribution is -2.46. The van der Waals surface area contributed by atoms with E-state index in [2.05, 4.69) is 15.3 Å². The van der Waals surface area contributed by atoms with Crippen LogP contribution in [0.3, 0.4) is 0 Å². The first kappa shape index (κ1) is 10.3. The van der Waals surface area contributed by atoms with Gasteiger partial charge in [0.15, 0.2) is 0 Å². The quantitative estimate of drug-likeness (QED) is 0.656. The molecule has 0 bridgehead atoms. The molecule has 4 N–H and O–H groups in total. The third kappa shape index (κ3) is 1.65. The summed E-state index contributed by atoms with van der Waals surface area (Å²) in [5.74, 6) is 0.538. The lowest BCUT2D eigenvalue weighted by atomic mass is 9.89. The largest absolute Gasteiger partial charge is 0.381 e. The van der Waals surface area contributed by atoms with Gasteiger partial charge in [-0.25, -0.2) is 4.98 Å². The molecule has 0 aromatic carbocycles. The molecule has 0 radical (unpaired) electrons. The summed E-state index contributed by atoms with van der Waals surface area (Å²) in [5, 5.41) is 3.60. The molecule has 5 nitrogen and oxygen atoms in total. The van der Waals surface area contributed by atoms with Crippen LogP contribution in [0.25, 0.3) is 0 Å². The van der Waals surface area contributed by atoms with Crippen LogP contribution in [0.15, 0.2) is 6.33 Å². The fraction of sp³-hybridized carbons (Fsp3) is 0.727. The molecule has 1 aromatic rings. The third-order valence-electron chi connectivity index (χ3n) is 3.63. The van der Waals surface area contributed by atoms with Gasteiger partial charge >= 0.3 is 0 Å². The maximum Gasteiger partial charge on any atom is 0.0925 e. The summed E-state index contributed by atoms with van der Waals surface area (Å²) in [6.45, 7) is 2.37. The second-order valence-electron chi connectivity index (χ2n) is 4.67.